The molecule has 14 nitrogen and oxygen atoms in total. The fraction of sp³-hybridized carbons (Fsp3) is 0.741. The second-order valence-corrected chi connectivity index (χ2v) is 19.3. The molecule has 0 bridgehead atoms. The topological polar surface area (TPSA) is 228 Å². The quantitative estimate of drug-likeness (QED) is 0.0207. The molecule has 0 spiro atoms. The van der Waals surface area contributed by atoms with Crippen LogP contribution in [0.25, 0.3) is 0 Å². The normalized spacial score (nSPS) is 26.2. The fourth-order valence-corrected chi connectivity index (χ4v) is 8.63. The Bertz CT molecular complexity index is 1530. The summed E-state index contributed by atoms with van der Waals surface area (Å²) in [5, 5.41) is 87.0. The van der Waals surface area contributed by atoms with Gasteiger partial charge in [-0.1, -0.05) is 189 Å². The van der Waals surface area contributed by atoms with E-state index in [1.807, 2.05) is 0 Å². The molecule has 0 saturated carbocycles. The van der Waals surface area contributed by atoms with Crippen molar-refractivity contribution in [2.45, 2.75) is 254 Å². The molecule has 2 rings (SSSR count). The molecule has 2 heterocycles. The number of hydrogen-bond acceptors (Lipinski definition) is 13. The van der Waals surface area contributed by atoms with Crippen molar-refractivity contribution in [2.24, 2.45) is 0 Å². The van der Waals surface area contributed by atoms with Crippen LogP contribution in [0.2, 0.25) is 0 Å². The lowest BCUT2D eigenvalue weighted by Crippen LogP contribution is -2.65. The van der Waals surface area contributed by atoms with Crippen molar-refractivity contribution < 1.29 is 64.6 Å². The van der Waals surface area contributed by atoms with Gasteiger partial charge < -0.3 is 65.1 Å². The number of hydrogen-bond donors (Lipinski definition) is 9. The minimum absolute atomic E-state index is 0.231. The number of allylic oxidation sites excluding steroid dienone is 14. The molecule has 0 aliphatic carbocycles. The highest BCUT2D eigenvalue weighted by atomic mass is 16.7. The van der Waals surface area contributed by atoms with E-state index in [2.05, 4.69) is 104 Å². The van der Waals surface area contributed by atoms with Crippen LogP contribution in [0.15, 0.2) is 85.1 Å². The third-order valence-electron chi connectivity index (χ3n) is 13.1. The number of carbonyl (C=O) groups is 1. The molecule has 2 aliphatic heterocycles. The average molecular weight is 1020 g/mol. The van der Waals surface area contributed by atoms with Crippen molar-refractivity contribution in [2.75, 3.05) is 19.8 Å². The van der Waals surface area contributed by atoms with Gasteiger partial charge in [-0.3, -0.25) is 4.79 Å². The van der Waals surface area contributed by atoms with Gasteiger partial charge >= 0.3 is 0 Å². The lowest BCUT2D eigenvalue weighted by atomic mass is 9.97. The molecule has 2 aliphatic rings. The van der Waals surface area contributed by atoms with Gasteiger partial charge in [0, 0.05) is 6.42 Å². The van der Waals surface area contributed by atoms with Crippen LogP contribution in [0.4, 0.5) is 0 Å². The van der Waals surface area contributed by atoms with Crippen molar-refractivity contribution in [3.05, 3.63) is 85.1 Å². The maximum absolute atomic E-state index is 13.2. The Kier molecular flexibility index (Phi) is 39.4. The second kappa shape index (κ2) is 43.4. The predicted molar refractivity (Wildman–Crippen MR) is 286 cm³/mol. The smallest absolute Gasteiger partial charge is 0.220 e. The van der Waals surface area contributed by atoms with Crippen LogP contribution in [0.3, 0.4) is 0 Å². The molecule has 0 aromatic rings. The summed E-state index contributed by atoms with van der Waals surface area (Å²) >= 11 is 0. The molecule has 0 radical (unpaired) electrons. The Morgan fingerprint density at radius 1 is 0.514 bits per heavy atom. The van der Waals surface area contributed by atoms with E-state index < -0.39 is 86.8 Å². The van der Waals surface area contributed by atoms with Gasteiger partial charge in [0.05, 0.1) is 32.0 Å². The number of aliphatic hydroxyl groups is 8. The Balaban J connectivity index is 1.75. The van der Waals surface area contributed by atoms with Crippen LogP contribution in [0, 0.1) is 0 Å². The van der Waals surface area contributed by atoms with Crippen LogP contribution in [-0.4, -0.2) is 140 Å². The molecule has 2 saturated heterocycles. The Morgan fingerprint density at radius 3 is 1.47 bits per heavy atom. The monoisotopic (exact) mass is 1020 g/mol. The summed E-state index contributed by atoms with van der Waals surface area (Å²) in [6.45, 7) is 2.69. The van der Waals surface area contributed by atoms with Gasteiger partial charge in [0.25, 0.3) is 0 Å². The number of unbranched alkanes of at least 4 members (excludes halogenated alkanes) is 15. The molecule has 12 atom stereocenters. The molecule has 1 amide bonds. The highest BCUT2D eigenvalue weighted by Gasteiger charge is 2.51. The number of nitrogens with one attached hydrogen (secondary N) is 1. The van der Waals surface area contributed by atoms with E-state index in [0.717, 1.165) is 103 Å². The number of ether oxygens (including phenoxy) is 4. The van der Waals surface area contributed by atoms with Crippen LogP contribution in [0.5, 0.6) is 0 Å². The first-order valence-electron chi connectivity index (χ1n) is 27.8. The molecule has 72 heavy (non-hydrogen) atoms. The van der Waals surface area contributed by atoms with Gasteiger partial charge in [-0.2, -0.15) is 0 Å². The number of rotatable bonds is 42. The van der Waals surface area contributed by atoms with Gasteiger partial charge in [0.1, 0.15) is 48.8 Å². The first-order chi connectivity index (χ1) is 35.1. The van der Waals surface area contributed by atoms with E-state index in [1.165, 1.54) is 44.9 Å². The maximum atomic E-state index is 13.2. The van der Waals surface area contributed by atoms with Crippen molar-refractivity contribution >= 4 is 5.91 Å². The molecular formula is C58H99NO13. The van der Waals surface area contributed by atoms with E-state index in [0.29, 0.717) is 12.8 Å². The molecule has 414 valence electrons. The summed E-state index contributed by atoms with van der Waals surface area (Å²) in [5.41, 5.74) is 0. The van der Waals surface area contributed by atoms with Crippen molar-refractivity contribution in [1.29, 1.82) is 0 Å². The molecule has 12 unspecified atom stereocenters. The van der Waals surface area contributed by atoms with E-state index in [9.17, 15) is 45.6 Å². The Hall–Kier alpha value is -2.83. The molecular weight excluding hydrogens is 919 g/mol. The largest absolute Gasteiger partial charge is 0.394 e. The van der Waals surface area contributed by atoms with Crippen LogP contribution in [0.1, 0.15) is 181 Å². The van der Waals surface area contributed by atoms with E-state index in [-0.39, 0.29) is 18.9 Å². The first kappa shape index (κ1) is 65.3. The molecule has 9 N–H and O–H groups in total. The number of amides is 1. The Morgan fingerprint density at radius 2 is 0.958 bits per heavy atom. The van der Waals surface area contributed by atoms with Crippen LogP contribution < -0.4 is 5.32 Å². The van der Waals surface area contributed by atoms with Crippen molar-refractivity contribution in [1.82, 2.24) is 5.32 Å². The fourth-order valence-electron chi connectivity index (χ4n) is 8.63. The van der Waals surface area contributed by atoms with E-state index >= 15 is 0 Å². The van der Waals surface area contributed by atoms with Crippen molar-refractivity contribution in [3.8, 4) is 0 Å². The zero-order valence-electron chi connectivity index (χ0n) is 44.1. The van der Waals surface area contributed by atoms with Crippen molar-refractivity contribution in [3.63, 3.8) is 0 Å². The van der Waals surface area contributed by atoms with Gasteiger partial charge in [-0.05, 0) is 70.6 Å². The summed E-state index contributed by atoms with van der Waals surface area (Å²) in [4.78, 5) is 13.2. The first-order valence-corrected chi connectivity index (χ1v) is 27.8. The predicted octanol–water partition coefficient (Wildman–Crippen LogP) is 8.55. The molecule has 2 fully saturated rings. The van der Waals surface area contributed by atoms with E-state index in [4.69, 9.17) is 18.9 Å². The van der Waals surface area contributed by atoms with Gasteiger partial charge in [0.15, 0.2) is 12.6 Å². The summed E-state index contributed by atoms with van der Waals surface area (Å²) in [6.07, 6.45) is 40.1. The second-order valence-electron chi connectivity index (χ2n) is 19.3. The lowest BCUT2D eigenvalue weighted by Gasteiger charge is -2.46. The zero-order valence-corrected chi connectivity index (χ0v) is 44.1. The van der Waals surface area contributed by atoms with Gasteiger partial charge in [-0.25, -0.2) is 0 Å². The zero-order chi connectivity index (χ0) is 52.4. The van der Waals surface area contributed by atoms with Gasteiger partial charge in [0.2, 0.25) is 5.91 Å². The van der Waals surface area contributed by atoms with Crippen LogP contribution >= 0.6 is 0 Å². The Labute approximate surface area is 433 Å². The highest BCUT2D eigenvalue weighted by Crippen LogP contribution is 2.30. The number of aliphatic hydroxyl groups excluding tert-OH is 8. The average Bonchev–Trinajstić information content (AvgIpc) is 3.38. The van der Waals surface area contributed by atoms with Crippen LogP contribution in [-0.2, 0) is 23.7 Å². The standard InChI is InChI=1S/C58H99NO13/c1-3-5-7-9-11-13-15-16-17-18-19-20-21-22-23-24-25-26-27-28-29-30-32-34-36-38-40-42-50(63)59-46(47(62)41-39-37-35-33-31-14-12-10-8-6-4-2)45-69-57-55(68)53(66)56(49(44-61)71-57)72-58-54(67)52(65)51(64)48(43-60)70-58/h5,7,11,13,16-17,19-20,22-23,25-26,28-29,46-49,51-58,60-62,64-68H,3-4,6,8-10,12,14-15,18,21,24,27,30-45H2,1-2H3,(H,59,63)/b7-5-,13-11-,17-16-,20-19-,23-22-,26-25-,29-28-. The summed E-state index contributed by atoms with van der Waals surface area (Å²) < 4.78 is 22.7. The minimum atomic E-state index is -1.79. The summed E-state index contributed by atoms with van der Waals surface area (Å²) in [5.74, 6) is -0.231. The molecule has 0 aromatic carbocycles. The lowest BCUT2D eigenvalue weighted by molar-refractivity contribution is -0.359. The minimum Gasteiger partial charge on any atom is -0.394 e. The summed E-state index contributed by atoms with van der Waals surface area (Å²) in [6, 6.07) is -0.844. The number of carbonyl (C=O) groups excluding carboxylic acids is 1. The summed E-state index contributed by atoms with van der Waals surface area (Å²) in [7, 11) is 0. The van der Waals surface area contributed by atoms with E-state index in [1.54, 1.807) is 0 Å². The maximum Gasteiger partial charge on any atom is 0.220 e. The molecule has 0 aromatic heterocycles. The molecule has 14 heteroatoms. The third kappa shape index (κ3) is 29.3. The van der Waals surface area contributed by atoms with Gasteiger partial charge in [-0.15, -0.1) is 0 Å². The highest BCUT2D eigenvalue weighted by molar-refractivity contribution is 5.76. The SMILES string of the molecule is CC/C=C\C/C=C\C/C=C\C/C=C\C/C=C\C/C=C\C/C=C\CCCCCCCC(=O)NC(COC1OC(CO)C(OC2OC(CO)C(O)C(O)C2O)C(O)C1O)C(O)CCCCCCCCCCCCC. The third-order valence-corrected chi connectivity index (χ3v) is 13.1.